The highest BCUT2D eigenvalue weighted by Crippen LogP contribution is 2.33. The maximum absolute atomic E-state index is 14.8. The number of carbonyl (C=O) groups is 2. The Balaban J connectivity index is 1.44. The Hall–Kier alpha value is -4.73. The molecular weight excluding hydrogens is 661 g/mol. The van der Waals surface area contributed by atoms with Crippen LogP contribution in [0.15, 0.2) is 70.5 Å². The van der Waals surface area contributed by atoms with Gasteiger partial charge in [0.15, 0.2) is 0 Å². The van der Waals surface area contributed by atoms with Gasteiger partial charge < -0.3 is 20.7 Å². The Morgan fingerprint density at radius 1 is 1.08 bits per heavy atom. The van der Waals surface area contributed by atoms with E-state index < -0.39 is 27.7 Å². The van der Waals surface area contributed by atoms with E-state index in [0.29, 0.717) is 68.3 Å². The van der Waals surface area contributed by atoms with Crippen LogP contribution >= 0.6 is 0 Å². The van der Waals surface area contributed by atoms with E-state index in [2.05, 4.69) is 15.5 Å². The first-order valence-corrected chi connectivity index (χ1v) is 18.4. The highest BCUT2D eigenvalue weighted by atomic mass is 32.2. The number of piperidine rings is 1. The zero-order chi connectivity index (χ0) is 35.4. The summed E-state index contributed by atoms with van der Waals surface area (Å²) in [5.74, 6) is -0.180. The molecule has 2 fully saturated rings. The van der Waals surface area contributed by atoms with E-state index in [1.54, 1.807) is 22.5 Å². The number of primary amides is 1. The summed E-state index contributed by atoms with van der Waals surface area (Å²) in [5.41, 5.74) is 7.48. The molecule has 2 aromatic carbocycles. The third kappa shape index (κ3) is 7.39. The van der Waals surface area contributed by atoms with Crippen LogP contribution in [0.2, 0.25) is 0 Å². The third-order valence-corrected chi connectivity index (χ3v) is 11.3. The predicted octanol–water partition coefficient (Wildman–Crippen LogP) is 2.36. The molecule has 15 heteroatoms. The van der Waals surface area contributed by atoms with Crippen LogP contribution in [0.25, 0.3) is 11.3 Å². The number of hydrogen-bond acceptors (Lipinski definition) is 8. The molecule has 0 bridgehead atoms. The molecule has 50 heavy (non-hydrogen) atoms. The van der Waals surface area contributed by atoms with Gasteiger partial charge in [-0.15, -0.1) is 0 Å². The van der Waals surface area contributed by atoms with Crippen molar-refractivity contribution >= 4 is 21.8 Å². The molecule has 2 unspecified atom stereocenters. The minimum atomic E-state index is -3.89. The van der Waals surface area contributed by atoms with E-state index in [4.69, 9.17) is 10.5 Å². The molecule has 2 aliphatic heterocycles. The van der Waals surface area contributed by atoms with Gasteiger partial charge in [-0.3, -0.25) is 23.8 Å². The maximum atomic E-state index is 14.8. The minimum absolute atomic E-state index is 0.0603. The predicted molar refractivity (Wildman–Crippen MR) is 187 cm³/mol. The molecule has 2 aliphatic rings. The molecule has 2 aromatic heterocycles. The fraction of sp³-hybridized carbons (Fsp3) is 0.429. The second-order valence-corrected chi connectivity index (χ2v) is 15.0. The van der Waals surface area contributed by atoms with E-state index in [9.17, 15) is 22.8 Å². The van der Waals surface area contributed by atoms with Crippen molar-refractivity contribution in [2.24, 2.45) is 11.7 Å². The van der Waals surface area contributed by atoms with Crippen LogP contribution in [0.1, 0.15) is 54.0 Å². The Labute approximate surface area is 291 Å². The lowest BCUT2D eigenvalue weighted by atomic mass is 10.0. The van der Waals surface area contributed by atoms with Crippen LogP contribution in [0.4, 0.5) is 0 Å². The van der Waals surface area contributed by atoms with Gasteiger partial charge in [0.2, 0.25) is 15.9 Å². The van der Waals surface area contributed by atoms with Crippen LogP contribution in [0, 0.1) is 12.8 Å². The van der Waals surface area contributed by atoms with Crippen molar-refractivity contribution in [3.63, 3.8) is 0 Å². The van der Waals surface area contributed by atoms with E-state index in [0.717, 1.165) is 5.56 Å². The van der Waals surface area contributed by atoms with Crippen LogP contribution in [-0.4, -0.2) is 94.6 Å². The van der Waals surface area contributed by atoms with Crippen LogP contribution < -0.4 is 21.5 Å². The summed E-state index contributed by atoms with van der Waals surface area (Å²) in [6.07, 6.45) is 2.66. The number of sulfonamides is 1. The maximum Gasteiger partial charge on any atom is 0.329 e. The lowest BCUT2D eigenvalue weighted by molar-refractivity contribution is -0.119. The summed E-state index contributed by atoms with van der Waals surface area (Å²) in [6, 6.07) is 16.1. The number of H-pyrrole nitrogens is 1. The quantitative estimate of drug-likeness (QED) is 0.201. The lowest BCUT2D eigenvalue weighted by Crippen LogP contribution is -2.47. The minimum Gasteiger partial charge on any atom is -0.493 e. The first kappa shape index (κ1) is 35.1. The number of benzene rings is 2. The van der Waals surface area contributed by atoms with Crippen LogP contribution in [0.5, 0.6) is 5.75 Å². The number of nitrogens with one attached hydrogen (secondary N) is 2. The monoisotopic (exact) mass is 704 g/mol. The van der Waals surface area contributed by atoms with Crippen molar-refractivity contribution in [3.05, 3.63) is 88.2 Å². The molecule has 266 valence electrons. The van der Waals surface area contributed by atoms with Gasteiger partial charge in [0.05, 0.1) is 30.6 Å². The number of nitrogens with zero attached hydrogens (tertiary/aromatic N) is 5. The van der Waals surface area contributed by atoms with Crippen molar-refractivity contribution in [1.29, 1.82) is 0 Å². The van der Waals surface area contributed by atoms with E-state index in [1.807, 2.05) is 55.5 Å². The number of imidazole rings is 1. The zero-order valence-corrected chi connectivity index (χ0v) is 29.2. The number of ether oxygens (including phenoxy) is 1. The third-order valence-electron chi connectivity index (χ3n) is 9.28. The molecule has 4 N–H and O–H groups in total. The number of aromatic amines is 1. The van der Waals surface area contributed by atoms with Crippen molar-refractivity contribution in [2.75, 3.05) is 45.9 Å². The Morgan fingerprint density at radius 3 is 2.54 bits per heavy atom. The number of nitrogens with two attached hydrogens (primary N) is 1. The summed E-state index contributed by atoms with van der Waals surface area (Å²) < 4.78 is 38.1. The molecule has 4 heterocycles. The smallest absolute Gasteiger partial charge is 0.329 e. The lowest BCUT2D eigenvalue weighted by Gasteiger charge is -2.33. The van der Waals surface area contributed by atoms with Crippen molar-refractivity contribution in [3.8, 4) is 17.0 Å². The summed E-state index contributed by atoms with van der Waals surface area (Å²) in [5, 5.41) is 9.94. The standard InChI is InChI=1S/C35H44N8O6S/c1-24(18-31(36)44)23-49-29-12-6-8-26(19-29)21-42-33(34(45)40-16-13-37-14-17-40)32(27-9-4-3-5-10-27)43(35(42)46)28-11-7-15-41(22-28)50(47,48)30-20-38-39-25(30)2/h3-6,8-10,12,19-20,24,28,37H,7,11,13-18,21-23H2,1-2H3,(H2,36,44)(H,38,39). The second kappa shape index (κ2) is 15.0. The molecule has 0 aliphatic carbocycles. The SMILES string of the molecule is Cc1n[nH]cc1S(=O)(=O)N1CCCC(n2c(-c3ccccc3)c(C(=O)N3CCNCC3)n(Cc3cccc(OCC(C)CC(N)=O)c3)c2=O)C1. The van der Waals surface area contributed by atoms with Gasteiger partial charge in [-0.25, -0.2) is 13.2 Å². The second-order valence-electron chi connectivity index (χ2n) is 13.1. The number of aromatic nitrogens is 4. The average molecular weight is 705 g/mol. The summed E-state index contributed by atoms with van der Waals surface area (Å²) in [6.45, 7) is 6.48. The van der Waals surface area contributed by atoms with E-state index in [1.165, 1.54) is 15.1 Å². The molecule has 2 saturated heterocycles. The summed E-state index contributed by atoms with van der Waals surface area (Å²) in [4.78, 5) is 42.6. The average Bonchev–Trinajstić information content (AvgIpc) is 3.68. The zero-order valence-electron chi connectivity index (χ0n) is 28.4. The molecule has 14 nitrogen and oxygen atoms in total. The summed E-state index contributed by atoms with van der Waals surface area (Å²) in [7, 11) is -3.89. The van der Waals surface area contributed by atoms with Gasteiger partial charge in [0.25, 0.3) is 5.91 Å². The number of piperazine rings is 1. The number of amides is 2. The Morgan fingerprint density at radius 2 is 1.84 bits per heavy atom. The Bertz CT molecular complexity index is 2000. The first-order chi connectivity index (χ1) is 24.0. The number of aryl methyl sites for hydroxylation is 1. The topological polar surface area (TPSA) is 178 Å². The molecule has 2 amide bonds. The first-order valence-electron chi connectivity index (χ1n) is 17.0. The largest absolute Gasteiger partial charge is 0.493 e. The number of hydrogen-bond donors (Lipinski definition) is 3. The fourth-order valence-electron chi connectivity index (χ4n) is 6.81. The van der Waals surface area contributed by atoms with Crippen molar-refractivity contribution in [1.82, 2.24) is 33.9 Å². The summed E-state index contributed by atoms with van der Waals surface area (Å²) >= 11 is 0. The highest BCUT2D eigenvalue weighted by Gasteiger charge is 2.37. The molecule has 0 saturated carbocycles. The Kier molecular flexibility index (Phi) is 10.6. The molecule has 0 radical (unpaired) electrons. The fourth-order valence-corrected chi connectivity index (χ4v) is 8.45. The van der Waals surface area contributed by atoms with Crippen LogP contribution in [0.3, 0.4) is 0 Å². The molecule has 4 aromatic rings. The highest BCUT2D eigenvalue weighted by molar-refractivity contribution is 7.89. The van der Waals surface area contributed by atoms with Gasteiger partial charge in [-0.2, -0.15) is 9.40 Å². The normalized spacial score (nSPS) is 17.8. The molecule has 2 atom stereocenters. The van der Waals surface area contributed by atoms with E-state index in [-0.39, 0.29) is 48.5 Å². The van der Waals surface area contributed by atoms with Crippen molar-refractivity contribution < 1.29 is 22.7 Å². The van der Waals surface area contributed by atoms with Gasteiger partial charge in [0.1, 0.15) is 16.3 Å². The molecule has 6 rings (SSSR count). The van der Waals surface area contributed by atoms with Crippen molar-refractivity contribution in [2.45, 2.75) is 50.6 Å². The van der Waals surface area contributed by atoms with Gasteiger partial charge in [-0.05, 0) is 43.4 Å². The van der Waals surface area contributed by atoms with Crippen LogP contribution in [-0.2, 0) is 21.4 Å². The number of rotatable bonds is 12. The molecule has 0 spiro atoms. The van der Waals surface area contributed by atoms with Gasteiger partial charge in [-0.1, -0.05) is 49.4 Å². The van der Waals surface area contributed by atoms with Gasteiger partial charge >= 0.3 is 5.69 Å². The van der Waals surface area contributed by atoms with Gasteiger partial charge in [0, 0.05) is 57.4 Å². The number of carbonyl (C=O) groups excluding carboxylic acids is 2. The molecular formula is C35H44N8O6S. The van der Waals surface area contributed by atoms with E-state index >= 15 is 0 Å².